The molecular weight excluding hydrogens is 481 g/mol. The number of alkyl halides is 1. The van der Waals surface area contributed by atoms with Crippen LogP contribution in [0.2, 0.25) is 5.02 Å². The van der Waals surface area contributed by atoms with Gasteiger partial charge in [-0.25, -0.2) is 12.8 Å². The van der Waals surface area contributed by atoms with Crippen LogP contribution in [0.3, 0.4) is 0 Å². The molecule has 3 aliphatic rings. The zero-order valence-corrected chi connectivity index (χ0v) is 21.5. The number of piperidine rings is 3. The molecule has 0 aromatic heterocycles. The van der Waals surface area contributed by atoms with E-state index < -0.39 is 22.4 Å². The number of likely N-dealkylation sites (tertiary alicyclic amines) is 2. The van der Waals surface area contributed by atoms with E-state index in [2.05, 4.69) is 4.90 Å². The zero-order valence-electron chi connectivity index (χ0n) is 20.0. The summed E-state index contributed by atoms with van der Waals surface area (Å²) in [6.07, 6.45) is 7.45. The molecule has 0 saturated carbocycles. The molecule has 0 aliphatic carbocycles. The fourth-order valence-electron chi connectivity index (χ4n) is 5.07. The third-order valence-electron chi connectivity index (χ3n) is 6.92. The Balaban J connectivity index is 0.000000202. The molecule has 34 heavy (non-hydrogen) atoms. The van der Waals surface area contributed by atoms with Crippen LogP contribution in [0.4, 0.5) is 4.39 Å². The number of amides is 1. The highest BCUT2D eigenvalue weighted by molar-refractivity contribution is 7.89. The molecule has 0 radical (unpaired) electrons. The summed E-state index contributed by atoms with van der Waals surface area (Å²) >= 11 is 5.75. The number of hydrogen-bond donors (Lipinski definition) is 0. The number of hydrogen-bond acceptors (Lipinski definition) is 5. The van der Waals surface area contributed by atoms with Crippen molar-refractivity contribution in [3.05, 3.63) is 29.3 Å². The van der Waals surface area contributed by atoms with Gasteiger partial charge in [-0.3, -0.25) is 4.79 Å². The number of carbonyl (C=O) groups excluding carboxylic acids is 1. The average Bonchev–Trinajstić information content (AvgIpc) is 2.85. The van der Waals surface area contributed by atoms with Crippen molar-refractivity contribution in [2.75, 3.05) is 39.9 Å². The lowest BCUT2D eigenvalue weighted by Crippen LogP contribution is -2.50. The molecule has 3 aliphatic heterocycles. The maximum atomic E-state index is 14.1. The highest BCUT2D eigenvalue weighted by atomic mass is 35.5. The van der Waals surface area contributed by atoms with E-state index in [-0.39, 0.29) is 17.9 Å². The molecule has 1 amide bonds. The molecule has 1 aromatic rings. The molecular formula is C24H37ClFN3O4S. The van der Waals surface area contributed by atoms with Crippen LogP contribution in [0.15, 0.2) is 29.2 Å². The normalized spacial score (nSPS) is 25.4. The molecule has 0 bridgehead atoms. The summed E-state index contributed by atoms with van der Waals surface area (Å²) in [5, 5.41) is 0.438. The first-order chi connectivity index (χ1) is 16.4. The molecule has 4 rings (SSSR count). The molecule has 10 heteroatoms. The van der Waals surface area contributed by atoms with Gasteiger partial charge >= 0.3 is 0 Å². The number of nitrogens with zero attached hydrogens (tertiary/aromatic N) is 3. The Bertz CT molecular complexity index is 857. The van der Waals surface area contributed by atoms with Gasteiger partial charge < -0.3 is 14.5 Å². The fourth-order valence-corrected chi connectivity index (χ4v) is 6.88. The maximum Gasteiger partial charge on any atom is 0.245 e. The minimum atomic E-state index is -3.88. The smallest absolute Gasteiger partial charge is 0.245 e. The second-order valence-corrected chi connectivity index (χ2v) is 11.5. The van der Waals surface area contributed by atoms with Gasteiger partial charge in [-0.1, -0.05) is 18.0 Å². The summed E-state index contributed by atoms with van der Waals surface area (Å²) in [5.74, 6) is 0. The average molecular weight is 518 g/mol. The minimum absolute atomic E-state index is 0.0487. The molecule has 1 aromatic carbocycles. The Kier molecular flexibility index (Phi) is 10.6. The van der Waals surface area contributed by atoms with Crippen molar-refractivity contribution in [3.63, 3.8) is 0 Å². The number of benzene rings is 1. The van der Waals surface area contributed by atoms with Crippen molar-refractivity contribution < 1.29 is 22.3 Å². The summed E-state index contributed by atoms with van der Waals surface area (Å²) < 4.78 is 45.3. The van der Waals surface area contributed by atoms with Gasteiger partial charge in [0.15, 0.2) is 6.30 Å². The Hall–Kier alpha value is -1.26. The highest BCUT2D eigenvalue weighted by Crippen LogP contribution is 2.31. The first kappa shape index (κ1) is 27.3. The molecule has 0 spiro atoms. The fraction of sp³-hybridized carbons (Fsp3) is 0.708. The van der Waals surface area contributed by atoms with Gasteiger partial charge in [-0.15, -0.1) is 0 Å². The van der Waals surface area contributed by atoms with E-state index in [1.165, 1.54) is 76.6 Å². The summed E-state index contributed by atoms with van der Waals surface area (Å²) in [4.78, 5) is 15.1. The summed E-state index contributed by atoms with van der Waals surface area (Å²) in [5.41, 5.74) is 0. The van der Waals surface area contributed by atoms with Crippen molar-refractivity contribution in [1.29, 1.82) is 0 Å². The van der Waals surface area contributed by atoms with Gasteiger partial charge in [-0.2, -0.15) is 4.31 Å². The molecule has 0 N–H and O–H groups in total. The van der Waals surface area contributed by atoms with Gasteiger partial charge in [0.25, 0.3) is 0 Å². The summed E-state index contributed by atoms with van der Waals surface area (Å²) in [7, 11) is -2.40. The number of halogens is 2. The van der Waals surface area contributed by atoms with E-state index in [9.17, 15) is 17.6 Å². The topological polar surface area (TPSA) is 70.2 Å². The molecule has 3 heterocycles. The third-order valence-corrected chi connectivity index (χ3v) is 9.12. The van der Waals surface area contributed by atoms with Crippen LogP contribution in [-0.2, 0) is 19.6 Å². The Morgan fingerprint density at radius 1 is 1.00 bits per heavy atom. The lowest BCUT2D eigenvalue weighted by molar-refractivity contribution is -0.119. The Labute approximate surface area is 208 Å². The maximum absolute atomic E-state index is 14.1. The number of rotatable bonds is 6. The lowest BCUT2D eigenvalue weighted by atomic mass is 10.0. The Morgan fingerprint density at radius 2 is 1.65 bits per heavy atom. The van der Waals surface area contributed by atoms with Gasteiger partial charge in [0.05, 0.1) is 17.5 Å². The van der Waals surface area contributed by atoms with Crippen LogP contribution < -0.4 is 0 Å². The van der Waals surface area contributed by atoms with Gasteiger partial charge in [-0.05, 0) is 82.3 Å². The third kappa shape index (κ3) is 7.13. The van der Waals surface area contributed by atoms with Gasteiger partial charge in [0.1, 0.15) is 0 Å². The summed E-state index contributed by atoms with van der Waals surface area (Å²) in [6.45, 7) is 4.68. The highest BCUT2D eigenvalue weighted by Gasteiger charge is 2.40. The molecule has 0 unspecified atom stereocenters. The second kappa shape index (κ2) is 13.2. The monoisotopic (exact) mass is 517 g/mol. The van der Waals surface area contributed by atoms with E-state index >= 15 is 0 Å². The second-order valence-electron chi connectivity index (χ2n) is 9.23. The minimum Gasteiger partial charge on any atom is -0.383 e. The Morgan fingerprint density at radius 3 is 2.24 bits per heavy atom. The van der Waals surface area contributed by atoms with Crippen LogP contribution in [0.5, 0.6) is 0 Å². The van der Waals surface area contributed by atoms with Crippen LogP contribution in [-0.4, -0.2) is 87.2 Å². The lowest BCUT2D eigenvalue weighted by Gasteiger charge is -2.39. The van der Waals surface area contributed by atoms with Gasteiger partial charge in [0.2, 0.25) is 16.4 Å². The largest absolute Gasteiger partial charge is 0.383 e. The van der Waals surface area contributed by atoms with Crippen molar-refractivity contribution in [2.45, 2.75) is 74.6 Å². The SMILES string of the molecule is COC[C@H]1CCC[C@@H](F)N1S(=O)(=O)c1ccc(Cl)cc1.O=CN1CCC(N2CCCCC2)CC1. The van der Waals surface area contributed by atoms with Crippen molar-refractivity contribution in [1.82, 2.24) is 14.1 Å². The van der Waals surface area contributed by atoms with Crippen LogP contribution in [0, 0.1) is 0 Å². The van der Waals surface area contributed by atoms with Crippen molar-refractivity contribution in [3.8, 4) is 0 Å². The van der Waals surface area contributed by atoms with Crippen molar-refractivity contribution >= 4 is 28.0 Å². The quantitative estimate of drug-likeness (QED) is 0.422. The summed E-state index contributed by atoms with van der Waals surface area (Å²) in [6, 6.07) is 6.04. The zero-order chi connectivity index (χ0) is 24.6. The first-order valence-corrected chi connectivity index (χ1v) is 14.0. The van der Waals surface area contributed by atoms with Crippen LogP contribution in [0.1, 0.15) is 51.4 Å². The van der Waals surface area contributed by atoms with Crippen LogP contribution in [0.25, 0.3) is 0 Å². The molecule has 7 nitrogen and oxygen atoms in total. The van der Waals surface area contributed by atoms with E-state index in [1.807, 2.05) is 4.90 Å². The number of methoxy groups -OCH3 is 1. The molecule has 3 saturated heterocycles. The molecule has 3 fully saturated rings. The van der Waals surface area contributed by atoms with E-state index in [0.717, 1.165) is 29.8 Å². The number of carbonyl (C=O) groups is 1. The predicted molar refractivity (Wildman–Crippen MR) is 131 cm³/mol. The van der Waals surface area contributed by atoms with E-state index in [1.54, 1.807) is 0 Å². The van der Waals surface area contributed by atoms with E-state index in [4.69, 9.17) is 16.3 Å². The predicted octanol–water partition coefficient (Wildman–Crippen LogP) is 3.92. The van der Waals surface area contributed by atoms with E-state index in [0.29, 0.717) is 17.9 Å². The molecule has 192 valence electrons. The number of ether oxygens (including phenoxy) is 1. The van der Waals surface area contributed by atoms with Crippen LogP contribution >= 0.6 is 11.6 Å². The first-order valence-electron chi connectivity index (χ1n) is 12.2. The van der Waals surface area contributed by atoms with Gasteiger partial charge in [0, 0.05) is 31.3 Å². The number of sulfonamides is 1. The van der Waals surface area contributed by atoms with Crippen molar-refractivity contribution in [2.24, 2.45) is 0 Å². The standard InChI is InChI=1S/C13H17ClFNO3S.C11H20N2O/c1-19-9-11-3-2-4-13(15)16(11)20(17,18)12-7-5-10(14)6-8-12;14-10-12-8-4-11(5-9-12)13-6-2-1-3-7-13/h5-8,11,13H,2-4,9H2,1H3;10-11H,1-9H2/t11-,13+;/m1./s1. The molecule has 2 atom stereocenters.